The number of amides is 1. The van der Waals surface area contributed by atoms with Gasteiger partial charge < -0.3 is 10.6 Å². The van der Waals surface area contributed by atoms with E-state index in [2.05, 4.69) is 24.3 Å². The standard InChI is InChI=1S/C16H22N2O/c17-10-12-7-8-18(11-12)16(19)15-6-5-13-3-1-2-4-14(13)9-15/h1-4,12,15H,5-11,17H2. The van der Waals surface area contributed by atoms with E-state index in [9.17, 15) is 4.79 Å². The van der Waals surface area contributed by atoms with Gasteiger partial charge in [0, 0.05) is 19.0 Å². The molecule has 19 heavy (non-hydrogen) atoms. The first kappa shape index (κ1) is 12.7. The molecule has 0 bridgehead atoms. The number of likely N-dealkylation sites (tertiary alicyclic amines) is 1. The van der Waals surface area contributed by atoms with Crippen LogP contribution < -0.4 is 5.73 Å². The van der Waals surface area contributed by atoms with Crippen molar-refractivity contribution in [2.24, 2.45) is 17.6 Å². The largest absolute Gasteiger partial charge is 0.342 e. The fourth-order valence-electron chi connectivity index (χ4n) is 3.39. The zero-order chi connectivity index (χ0) is 13.2. The molecule has 1 aromatic rings. The van der Waals surface area contributed by atoms with Crippen molar-refractivity contribution in [3.8, 4) is 0 Å². The zero-order valence-electron chi connectivity index (χ0n) is 11.3. The summed E-state index contributed by atoms with van der Waals surface area (Å²) in [6.45, 7) is 2.48. The summed E-state index contributed by atoms with van der Waals surface area (Å²) >= 11 is 0. The fourth-order valence-corrected chi connectivity index (χ4v) is 3.39. The van der Waals surface area contributed by atoms with Crippen molar-refractivity contribution in [1.82, 2.24) is 4.90 Å². The van der Waals surface area contributed by atoms with Crippen LogP contribution in [0.4, 0.5) is 0 Å². The van der Waals surface area contributed by atoms with Gasteiger partial charge in [0.2, 0.25) is 5.91 Å². The van der Waals surface area contributed by atoms with Gasteiger partial charge in [-0.25, -0.2) is 0 Å². The molecule has 0 saturated carbocycles. The maximum absolute atomic E-state index is 12.6. The number of hydrogen-bond acceptors (Lipinski definition) is 2. The van der Waals surface area contributed by atoms with E-state index in [0.717, 1.165) is 38.8 Å². The van der Waals surface area contributed by atoms with E-state index < -0.39 is 0 Å². The average molecular weight is 258 g/mol. The smallest absolute Gasteiger partial charge is 0.226 e. The van der Waals surface area contributed by atoms with Gasteiger partial charge in [0.1, 0.15) is 0 Å². The highest BCUT2D eigenvalue weighted by molar-refractivity contribution is 5.79. The molecule has 1 aliphatic carbocycles. The van der Waals surface area contributed by atoms with Gasteiger partial charge in [0.15, 0.2) is 0 Å². The molecule has 1 saturated heterocycles. The predicted octanol–water partition coefficient (Wildman–Crippen LogP) is 1.60. The van der Waals surface area contributed by atoms with Gasteiger partial charge in [-0.2, -0.15) is 0 Å². The molecule has 3 nitrogen and oxygen atoms in total. The molecule has 1 aliphatic heterocycles. The number of fused-ring (bicyclic) bond motifs is 1. The highest BCUT2D eigenvalue weighted by Crippen LogP contribution is 2.28. The van der Waals surface area contributed by atoms with E-state index in [1.165, 1.54) is 11.1 Å². The van der Waals surface area contributed by atoms with Crippen molar-refractivity contribution >= 4 is 5.91 Å². The lowest BCUT2D eigenvalue weighted by molar-refractivity contribution is -0.134. The Labute approximate surface area is 114 Å². The molecule has 102 valence electrons. The lowest BCUT2D eigenvalue weighted by atomic mass is 9.83. The van der Waals surface area contributed by atoms with Crippen LogP contribution in [0.5, 0.6) is 0 Å². The number of aryl methyl sites for hydroxylation is 1. The fraction of sp³-hybridized carbons (Fsp3) is 0.562. The predicted molar refractivity (Wildman–Crippen MR) is 75.7 cm³/mol. The first-order chi connectivity index (χ1) is 9.28. The molecular formula is C16H22N2O. The topological polar surface area (TPSA) is 46.3 Å². The first-order valence-corrected chi connectivity index (χ1v) is 7.33. The van der Waals surface area contributed by atoms with Crippen LogP contribution in [0.15, 0.2) is 24.3 Å². The van der Waals surface area contributed by atoms with Crippen LogP contribution >= 0.6 is 0 Å². The molecule has 0 spiro atoms. The average Bonchev–Trinajstić information content (AvgIpc) is 2.95. The number of hydrogen-bond donors (Lipinski definition) is 1. The molecule has 2 aliphatic rings. The van der Waals surface area contributed by atoms with Gasteiger partial charge in [-0.15, -0.1) is 0 Å². The molecule has 1 fully saturated rings. The van der Waals surface area contributed by atoms with Crippen LogP contribution in [-0.4, -0.2) is 30.4 Å². The second kappa shape index (κ2) is 5.33. The van der Waals surface area contributed by atoms with Crippen molar-refractivity contribution in [1.29, 1.82) is 0 Å². The van der Waals surface area contributed by atoms with Crippen LogP contribution in [0.3, 0.4) is 0 Å². The third-order valence-electron chi connectivity index (χ3n) is 4.63. The summed E-state index contributed by atoms with van der Waals surface area (Å²) in [7, 11) is 0. The third-order valence-corrected chi connectivity index (χ3v) is 4.63. The van der Waals surface area contributed by atoms with Gasteiger partial charge in [-0.1, -0.05) is 24.3 Å². The van der Waals surface area contributed by atoms with E-state index in [1.54, 1.807) is 0 Å². The zero-order valence-corrected chi connectivity index (χ0v) is 11.3. The van der Waals surface area contributed by atoms with E-state index in [1.807, 2.05) is 4.90 Å². The molecule has 3 rings (SSSR count). The Balaban J connectivity index is 1.66. The second-order valence-corrected chi connectivity index (χ2v) is 5.88. The second-order valence-electron chi connectivity index (χ2n) is 5.88. The first-order valence-electron chi connectivity index (χ1n) is 7.33. The Morgan fingerprint density at radius 1 is 1.26 bits per heavy atom. The molecule has 0 aromatic heterocycles. The molecule has 2 unspecified atom stereocenters. The van der Waals surface area contributed by atoms with Crippen molar-refractivity contribution < 1.29 is 4.79 Å². The summed E-state index contributed by atoms with van der Waals surface area (Å²) in [6, 6.07) is 8.52. The van der Waals surface area contributed by atoms with Crippen LogP contribution in [0.1, 0.15) is 24.0 Å². The molecular weight excluding hydrogens is 236 g/mol. The summed E-state index contributed by atoms with van der Waals surface area (Å²) in [4.78, 5) is 14.6. The van der Waals surface area contributed by atoms with Crippen LogP contribution in [0, 0.1) is 11.8 Å². The minimum absolute atomic E-state index is 0.187. The summed E-state index contributed by atoms with van der Waals surface area (Å²) in [6.07, 6.45) is 4.03. The SMILES string of the molecule is NCC1CCN(C(=O)C2CCc3ccccc3C2)C1. The number of nitrogens with two attached hydrogens (primary N) is 1. The quantitative estimate of drug-likeness (QED) is 0.876. The lowest BCUT2D eigenvalue weighted by Crippen LogP contribution is -2.37. The Morgan fingerprint density at radius 2 is 2.05 bits per heavy atom. The van der Waals surface area contributed by atoms with E-state index in [0.29, 0.717) is 18.4 Å². The molecule has 0 radical (unpaired) electrons. The van der Waals surface area contributed by atoms with Crippen molar-refractivity contribution in [2.75, 3.05) is 19.6 Å². The van der Waals surface area contributed by atoms with Gasteiger partial charge in [-0.3, -0.25) is 4.79 Å². The Bertz CT molecular complexity index is 472. The molecule has 1 heterocycles. The maximum atomic E-state index is 12.6. The van der Waals surface area contributed by atoms with Crippen LogP contribution in [0.2, 0.25) is 0 Å². The van der Waals surface area contributed by atoms with Crippen LogP contribution in [0.25, 0.3) is 0 Å². The van der Waals surface area contributed by atoms with Crippen molar-refractivity contribution in [3.05, 3.63) is 35.4 Å². The third kappa shape index (κ3) is 2.52. The van der Waals surface area contributed by atoms with E-state index in [4.69, 9.17) is 5.73 Å². The number of rotatable bonds is 2. The Kier molecular flexibility index (Phi) is 3.56. The summed E-state index contributed by atoms with van der Waals surface area (Å²) in [5.74, 6) is 1.05. The normalized spacial score (nSPS) is 26.3. The number of nitrogens with zero attached hydrogens (tertiary/aromatic N) is 1. The molecule has 2 N–H and O–H groups in total. The highest BCUT2D eigenvalue weighted by atomic mass is 16.2. The summed E-state index contributed by atoms with van der Waals surface area (Å²) < 4.78 is 0. The minimum Gasteiger partial charge on any atom is -0.342 e. The van der Waals surface area contributed by atoms with E-state index in [-0.39, 0.29) is 5.92 Å². The molecule has 1 aromatic carbocycles. The Morgan fingerprint density at radius 3 is 2.79 bits per heavy atom. The monoisotopic (exact) mass is 258 g/mol. The molecule has 2 atom stereocenters. The van der Waals surface area contributed by atoms with Crippen LogP contribution in [-0.2, 0) is 17.6 Å². The molecule has 3 heteroatoms. The van der Waals surface area contributed by atoms with Gasteiger partial charge >= 0.3 is 0 Å². The number of carbonyl (C=O) groups is 1. The van der Waals surface area contributed by atoms with Gasteiger partial charge in [-0.05, 0) is 49.3 Å². The molecule has 1 amide bonds. The number of benzene rings is 1. The number of carbonyl (C=O) groups excluding carboxylic acids is 1. The Hall–Kier alpha value is -1.35. The highest BCUT2D eigenvalue weighted by Gasteiger charge is 2.32. The van der Waals surface area contributed by atoms with Gasteiger partial charge in [0.25, 0.3) is 0 Å². The lowest BCUT2D eigenvalue weighted by Gasteiger charge is -2.28. The summed E-state index contributed by atoms with van der Waals surface area (Å²) in [5, 5.41) is 0. The van der Waals surface area contributed by atoms with E-state index >= 15 is 0 Å². The van der Waals surface area contributed by atoms with Gasteiger partial charge in [0.05, 0.1) is 0 Å². The van der Waals surface area contributed by atoms with Crippen molar-refractivity contribution in [2.45, 2.75) is 25.7 Å². The minimum atomic E-state index is 0.187. The maximum Gasteiger partial charge on any atom is 0.226 e. The summed E-state index contributed by atoms with van der Waals surface area (Å²) in [5.41, 5.74) is 8.49. The van der Waals surface area contributed by atoms with Crippen molar-refractivity contribution in [3.63, 3.8) is 0 Å².